The number of benzene rings is 1. The summed E-state index contributed by atoms with van der Waals surface area (Å²) in [6.45, 7) is 1.80. The van der Waals surface area contributed by atoms with Gasteiger partial charge in [-0.1, -0.05) is 30.3 Å². The Bertz CT molecular complexity index is 516. The van der Waals surface area contributed by atoms with Gasteiger partial charge in [-0.2, -0.15) is 0 Å². The molecule has 1 aromatic carbocycles. The van der Waals surface area contributed by atoms with Crippen molar-refractivity contribution in [3.05, 3.63) is 35.9 Å². The van der Waals surface area contributed by atoms with Crippen LogP contribution in [0.4, 0.5) is 4.79 Å². The maximum Gasteiger partial charge on any atom is 0.331 e. The number of nitrogens with zero attached hydrogens (tertiary/aromatic N) is 2. The van der Waals surface area contributed by atoms with E-state index in [1.165, 1.54) is 5.56 Å². The maximum atomic E-state index is 11.4. The Morgan fingerprint density at radius 1 is 1.15 bits per heavy atom. The molecule has 0 spiro atoms. The lowest BCUT2D eigenvalue weighted by atomic mass is 10.2. The first-order valence-electron chi connectivity index (χ1n) is 6.47. The zero-order chi connectivity index (χ0) is 14.5. The molecule has 1 aliphatic heterocycles. The number of hydrogen-bond acceptors (Lipinski definition) is 4. The molecule has 1 N–H and O–H groups in total. The van der Waals surface area contributed by atoms with Crippen LogP contribution in [0.1, 0.15) is 12.0 Å². The van der Waals surface area contributed by atoms with Crippen molar-refractivity contribution >= 4 is 17.8 Å². The predicted molar refractivity (Wildman–Crippen MR) is 72.6 cm³/mol. The standard InChI is InChI=1S/C14H17N3O3/c1-16(10-11-6-3-2-4-7-11)8-5-9-17-13(19)12(18)15-14(17)20/h2-4,6-7H,5,8-10H2,1H3,(H,15,18,20). The summed E-state index contributed by atoms with van der Waals surface area (Å²) < 4.78 is 0. The molecule has 0 aliphatic carbocycles. The molecule has 0 unspecified atom stereocenters. The second-order valence-corrected chi connectivity index (χ2v) is 4.79. The molecule has 1 aliphatic rings. The highest BCUT2D eigenvalue weighted by Gasteiger charge is 2.36. The van der Waals surface area contributed by atoms with Gasteiger partial charge in [-0.3, -0.25) is 19.8 Å². The molecule has 0 radical (unpaired) electrons. The highest BCUT2D eigenvalue weighted by molar-refractivity contribution is 6.44. The third-order valence-electron chi connectivity index (χ3n) is 3.12. The van der Waals surface area contributed by atoms with Gasteiger partial charge in [0.15, 0.2) is 0 Å². The van der Waals surface area contributed by atoms with E-state index in [2.05, 4.69) is 4.90 Å². The maximum absolute atomic E-state index is 11.4. The molecule has 0 aromatic heterocycles. The number of urea groups is 1. The number of carbonyl (C=O) groups is 3. The van der Waals surface area contributed by atoms with Crippen LogP contribution in [0.5, 0.6) is 0 Å². The molecule has 0 bridgehead atoms. The fourth-order valence-electron chi connectivity index (χ4n) is 2.11. The zero-order valence-corrected chi connectivity index (χ0v) is 11.3. The van der Waals surface area contributed by atoms with Gasteiger partial charge in [-0.25, -0.2) is 4.79 Å². The monoisotopic (exact) mass is 275 g/mol. The van der Waals surface area contributed by atoms with Crippen molar-refractivity contribution in [3.63, 3.8) is 0 Å². The minimum atomic E-state index is -0.840. The second-order valence-electron chi connectivity index (χ2n) is 4.79. The molecule has 4 amide bonds. The summed E-state index contributed by atoms with van der Waals surface area (Å²) in [7, 11) is 1.98. The van der Waals surface area contributed by atoms with Crippen molar-refractivity contribution in [3.8, 4) is 0 Å². The Balaban J connectivity index is 1.74. The molecule has 2 rings (SSSR count). The summed E-state index contributed by atoms with van der Waals surface area (Å²) in [5.74, 6) is -1.60. The molecular formula is C14H17N3O3. The van der Waals surface area contributed by atoms with Crippen LogP contribution in [0.15, 0.2) is 30.3 Å². The van der Waals surface area contributed by atoms with Crippen molar-refractivity contribution in [2.24, 2.45) is 0 Å². The number of hydrogen-bond donors (Lipinski definition) is 1. The molecule has 6 heteroatoms. The van der Waals surface area contributed by atoms with Gasteiger partial charge in [0.05, 0.1) is 0 Å². The van der Waals surface area contributed by atoms with Crippen LogP contribution in [-0.2, 0) is 16.1 Å². The van der Waals surface area contributed by atoms with Crippen LogP contribution < -0.4 is 5.32 Å². The minimum Gasteiger partial charge on any atom is -0.302 e. The zero-order valence-electron chi connectivity index (χ0n) is 11.3. The van der Waals surface area contributed by atoms with Crippen LogP contribution in [0, 0.1) is 0 Å². The highest BCUT2D eigenvalue weighted by Crippen LogP contribution is 2.05. The van der Waals surface area contributed by atoms with Gasteiger partial charge >= 0.3 is 17.8 Å². The third-order valence-corrected chi connectivity index (χ3v) is 3.12. The SMILES string of the molecule is CN(CCCN1C(=O)NC(=O)C1=O)Cc1ccccc1. The first kappa shape index (κ1) is 14.2. The molecule has 20 heavy (non-hydrogen) atoms. The summed E-state index contributed by atoms with van der Waals surface area (Å²) in [5.41, 5.74) is 1.21. The number of nitrogens with one attached hydrogen (secondary N) is 1. The van der Waals surface area contributed by atoms with Gasteiger partial charge in [-0.15, -0.1) is 0 Å². The minimum absolute atomic E-state index is 0.259. The Labute approximate surface area is 117 Å². The van der Waals surface area contributed by atoms with Crippen molar-refractivity contribution in [2.75, 3.05) is 20.1 Å². The molecule has 0 saturated carbocycles. The lowest BCUT2D eigenvalue weighted by Crippen LogP contribution is -2.33. The van der Waals surface area contributed by atoms with Gasteiger partial charge in [0.2, 0.25) is 0 Å². The van der Waals surface area contributed by atoms with Crippen molar-refractivity contribution in [1.29, 1.82) is 0 Å². The Kier molecular flexibility index (Phi) is 4.47. The van der Waals surface area contributed by atoms with Crippen LogP contribution in [0.2, 0.25) is 0 Å². The molecule has 6 nitrogen and oxygen atoms in total. The lowest BCUT2D eigenvalue weighted by molar-refractivity contribution is -0.140. The van der Waals surface area contributed by atoms with Crippen LogP contribution >= 0.6 is 0 Å². The Morgan fingerprint density at radius 2 is 1.85 bits per heavy atom. The summed E-state index contributed by atoms with van der Waals surface area (Å²) in [5, 5.41) is 1.98. The van der Waals surface area contributed by atoms with Crippen LogP contribution in [0.3, 0.4) is 0 Å². The molecule has 106 valence electrons. The van der Waals surface area contributed by atoms with Crippen molar-refractivity contribution in [1.82, 2.24) is 15.1 Å². The highest BCUT2D eigenvalue weighted by atomic mass is 16.2. The smallest absolute Gasteiger partial charge is 0.302 e. The van der Waals surface area contributed by atoms with Crippen molar-refractivity contribution < 1.29 is 14.4 Å². The van der Waals surface area contributed by atoms with Gasteiger partial charge in [-0.05, 0) is 25.6 Å². The van der Waals surface area contributed by atoms with E-state index in [0.29, 0.717) is 6.42 Å². The largest absolute Gasteiger partial charge is 0.331 e. The fraction of sp³-hybridized carbons (Fsp3) is 0.357. The van der Waals surface area contributed by atoms with Gasteiger partial charge < -0.3 is 4.90 Å². The van der Waals surface area contributed by atoms with E-state index >= 15 is 0 Å². The second kappa shape index (κ2) is 6.29. The summed E-state index contributed by atoms with van der Waals surface area (Å²) in [4.78, 5) is 36.7. The summed E-state index contributed by atoms with van der Waals surface area (Å²) >= 11 is 0. The third kappa shape index (κ3) is 3.42. The van der Waals surface area contributed by atoms with E-state index in [-0.39, 0.29) is 6.54 Å². The summed E-state index contributed by atoms with van der Waals surface area (Å²) in [6, 6.07) is 9.42. The molecule has 1 fully saturated rings. The number of imide groups is 2. The van der Waals surface area contributed by atoms with Gasteiger partial charge in [0.25, 0.3) is 0 Å². The first-order valence-corrected chi connectivity index (χ1v) is 6.47. The first-order chi connectivity index (χ1) is 9.58. The van der Waals surface area contributed by atoms with E-state index in [4.69, 9.17) is 0 Å². The molecule has 1 heterocycles. The number of rotatable bonds is 6. The quantitative estimate of drug-likeness (QED) is 0.609. The van der Waals surface area contributed by atoms with Gasteiger partial charge in [0.1, 0.15) is 0 Å². The number of carbonyl (C=O) groups excluding carboxylic acids is 3. The topological polar surface area (TPSA) is 69.7 Å². The summed E-state index contributed by atoms with van der Waals surface area (Å²) in [6.07, 6.45) is 0.635. The van der Waals surface area contributed by atoms with Crippen LogP contribution in [-0.4, -0.2) is 47.8 Å². The van der Waals surface area contributed by atoms with E-state index in [1.54, 1.807) is 0 Å². The van der Waals surface area contributed by atoms with E-state index in [0.717, 1.165) is 18.0 Å². The Morgan fingerprint density at radius 3 is 2.45 bits per heavy atom. The van der Waals surface area contributed by atoms with E-state index in [1.807, 2.05) is 42.7 Å². The molecule has 1 aromatic rings. The average molecular weight is 275 g/mol. The lowest BCUT2D eigenvalue weighted by Gasteiger charge is -2.18. The molecule has 0 atom stereocenters. The van der Waals surface area contributed by atoms with Gasteiger partial charge in [0, 0.05) is 13.1 Å². The molecule has 1 saturated heterocycles. The van der Waals surface area contributed by atoms with Crippen LogP contribution in [0.25, 0.3) is 0 Å². The van der Waals surface area contributed by atoms with Crippen molar-refractivity contribution in [2.45, 2.75) is 13.0 Å². The fourth-order valence-corrected chi connectivity index (χ4v) is 2.11. The number of amides is 4. The van der Waals surface area contributed by atoms with E-state index < -0.39 is 17.8 Å². The Hall–Kier alpha value is -2.21. The molecular weight excluding hydrogens is 258 g/mol. The predicted octanol–water partition coefficient (Wildman–Crippen LogP) is 0.587. The van der Waals surface area contributed by atoms with E-state index in [9.17, 15) is 14.4 Å². The normalized spacial score (nSPS) is 15.1. The average Bonchev–Trinajstić information content (AvgIpc) is 2.66.